The van der Waals surface area contributed by atoms with Crippen LogP contribution >= 0.6 is 23.4 Å². The van der Waals surface area contributed by atoms with Crippen molar-refractivity contribution in [2.75, 3.05) is 14.1 Å². The zero-order valence-electron chi connectivity index (χ0n) is 14.9. The van der Waals surface area contributed by atoms with E-state index >= 15 is 0 Å². The van der Waals surface area contributed by atoms with Crippen molar-refractivity contribution >= 4 is 23.4 Å². The predicted octanol–water partition coefficient (Wildman–Crippen LogP) is 4.97. The van der Waals surface area contributed by atoms with E-state index in [0.717, 1.165) is 33.0 Å². The van der Waals surface area contributed by atoms with Gasteiger partial charge in [-0.25, -0.2) is 4.39 Å². The molecule has 2 aromatic carbocycles. The normalized spacial score (nSPS) is 12.5. The molecular weight excluding hydrogens is 371 g/mol. The lowest BCUT2D eigenvalue weighted by Gasteiger charge is -2.20. The number of aromatic nitrogens is 3. The summed E-state index contributed by atoms with van der Waals surface area (Å²) in [5.74, 6) is 1.30. The summed E-state index contributed by atoms with van der Waals surface area (Å²) in [7, 11) is 3.99. The summed E-state index contributed by atoms with van der Waals surface area (Å²) in [5.41, 5.74) is 1.99. The van der Waals surface area contributed by atoms with E-state index in [-0.39, 0.29) is 11.9 Å². The summed E-state index contributed by atoms with van der Waals surface area (Å²) in [4.78, 5) is 2.07. The van der Waals surface area contributed by atoms with Gasteiger partial charge in [-0.05, 0) is 63.0 Å². The van der Waals surface area contributed by atoms with Crippen LogP contribution in [0.15, 0.2) is 53.7 Å². The van der Waals surface area contributed by atoms with Gasteiger partial charge in [0.15, 0.2) is 11.0 Å². The molecule has 4 nitrogen and oxygen atoms in total. The Balaban J connectivity index is 1.93. The minimum atomic E-state index is -0.264. The van der Waals surface area contributed by atoms with Crippen molar-refractivity contribution in [1.82, 2.24) is 19.7 Å². The molecule has 1 heterocycles. The molecule has 3 aromatic rings. The van der Waals surface area contributed by atoms with Crippen LogP contribution in [0.2, 0.25) is 5.02 Å². The van der Waals surface area contributed by atoms with Crippen LogP contribution in [0.25, 0.3) is 5.69 Å². The summed E-state index contributed by atoms with van der Waals surface area (Å²) in [6, 6.07) is 14.2. The first kappa shape index (κ1) is 18.9. The second-order valence-electron chi connectivity index (χ2n) is 6.21. The maximum absolute atomic E-state index is 13.4. The maximum atomic E-state index is 13.4. The van der Waals surface area contributed by atoms with E-state index in [2.05, 4.69) is 22.0 Å². The number of halogens is 2. The fourth-order valence-electron chi connectivity index (χ4n) is 2.44. The van der Waals surface area contributed by atoms with Gasteiger partial charge in [-0.1, -0.05) is 35.5 Å². The van der Waals surface area contributed by atoms with Gasteiger partial charge in [0.1, 0.15) is 5.82 Å². The Bertz CT molecular complexity index is 862. The summed E-state index contributed by atoms with van der Waals surface area (Å²) in [6.07, 6.45) is 0. The highest BCUT2D eigenvalue weighted by atomic mass is 35.5. The lowest BCUT2D eigenvalue weighted by Crippen LogP contribution is -2.20. The molecule has 0 unspecified atom stereocenters. The van der Waals surface area contributed by atoms with Crippen molar-refractivity contribution in [3.8, 4) is 5.69 Å². The molecule has 0 N–H and O–H groups in total. The van der Waals surface area contributed by atoms with Gasteiger partial charge >= 0.3 is 0 Å². The van der Waals surface area contributed by atoms with E-state index < -0.39 is 0 Å². The van der Waals surface area contributed by atoms with E-state index in [1.165, 1.54) is 12.1 Å². The molecule has 0 aliphatic carbocycles. The summed E-state index contributed by atoms with van der Waals surface area (Å²) >= 11 is 7.54. The molecule has 0 radical (unpaired) electrons. The zero-order chi connectivity index (χ0) is 18.7. The van der Waals surface area contributed by atoms with Gasteiger partial charge in [0, 0.05) is 16.5 Å². The molecule has 0 amide bonds. The van der Waals surface area contributed by atoms with Crippen LogP contribution in [0, 0.1) is 5.82 Å². The Kier molecular flexibility index (Phi) is 5.96. The number of nitrogens with zero attached hydrogens (tertiary/aromatic N) is 4. The molecule has 0 fully saturated rings. The van der Waals surface area contributed by atoms with E-state index in [0.29, 0.717) is 0 Å². The lowest BCUT2D eigenvalue weighted by atomic mass is 10.2. The number of rotatable bonds is 6. The summed E-state index contributed by atoms with van der Waals surface area (Å²) in [5, 5.41) is 10.3. The fourth-order valence-corrected chi connectivity index (χ4v) is 3.48. The van der Waals surface area contributed by atoms with Crippen molar-refractivity contribution in [2.45, 2.75) is 23.9 Å². The van der Waals surface area contributed by atoms with E-state index in [4.69, 9.17) is 11.6 Å². The number of thioether (sulfide) groups is 1. The SMILES string of the molecule is C[C@H](c1nnc(SCc2ccc(Cl)cc2)n1-c1ccc(F)cc1)N(C)C. The topological polar surface area (TPSA) is 34.0 Å². The van der Waals surface area contributed by atoms with Gasteiger partial charge in [-0.15, -0.1) is 10.2 Å². The quantitative estimate of drug-likeness (QED) is 0.556. The average molecular weight is 391 g/mol. The van der Waals surface area contributed by atoms with Crippen molar-refractivity contribution in [3.63, 3.8) is 0 Å². The van der Waals surface area contributed by atoms with Crippen molar-refractivity contribution in [1.29, 1.82) is 0 Å². The third-order valence-corrected chi connectivity index (χ3v) is 5.42. The zero-order valence-corrected chi connectivity index (χ0v) is 16.4. The van der Waals surface area contributed by atoms with Crippen LogP contribution < -0.4 is 0 Å². The van der Waals surface area contributed by atoms with Crippen LogP contribution in [0.3, 0.4) is 0 Å². The predicted molar refractivity (Wildman–Crippen MR) is 104 cm³/mol. The second kappa shape index (κ2) is 8.20. The van der Waals surface area contributed by atoms with Crippen molar-refractivity contribution in [2.24, 2.45) is 0 Å². The van der Waals surface area contributed by atoms with Gasteiger partial charge in [0.05, 0.1) is 6.04 Å². The molecule has 26 heavy (non-hydrogen) atoms. The Morgan fingerprint density at radius 2 is 1.73 bits per heavy atom. The van der Waals surface area contributed by atoms with Gasteiger partial charge in [0.25, 0.3) is 0 Å². The van der Waals surface area contributed by atoms with E-state index in [9.17, 15) is 4.39 Å². The number of hydrogen-bond acceptors (Lipinski definition) is 4. The highest BCUT2D eigenvalue weighted by Crippen LogP contribution is 2.29. The second-order valence-corrected chi connectivity index (χ2v) is 7.59. The minimum Gasteiger partial charge on any atom is -0.300 e. The van der Waals surface area contributed by atoms with Crippen LogP contribution in [0.4, 0.5) is 4.39 Å². The van der Waals surface area contributed by atoms with Gasteiger partial charge in [-0.3, -0.25) is 9.47 Å². The largest absolute Gasteiger partial charge is 0.300 e. The highest BCUT2D eigenvalue weighted by Gasteiger charge is 2.21. The number of hydrogen-bond donors (Lipinski definition) is 0. The molecule has 0 bridgehead atoms. The molecule has 136 valence electrons. The first-order chi connectivity index (χ1) is 12.5. The monoisotopic (exact) mass is 390 g/mol. The van der Waals surface area contributed by atoms with Crippen LogP contribution in [-0.2, 0) is 5.75 Å². The van der Waals surface area contributed by atoms with Gasteiger partial charge in [0.2, 0.25) is 0 Å². The Morgan fingerprint density at radius 1 is 1.08 bits per heavy atom. The summed E-state index contributed by atoms with van der Waals surface area (Å²) < 4.78 is 15.3. The van der Waals surface area contributed by atoms with Crippen LogP contribution in [0.5, 0.6) is 0 Å². The molecule has 0 saturated carbocycles. The highest BCUT2D eigenvalue weighted by molar-refractivity contribution is 7.98. The van der Waals surface area contributed by atoms with Gasteiger partial charge in [-0.2, -0.15) is 0 Å². The molecule has 0 spiro atoms. The first-order valence-corrected chi connectivity index (χ1v) is 9.57. The van der Waals surface area contributed by atoms with Crippen LogP contribution in [-0.4, -0.2) is 33.8 Å². The lowest BCUT2D eigenvalue weighted by molar-refractivity contribution is 0.305. The fraction of sp³-hybridized carbons (Fsp3) is 0.263. The van der Waals surface area contributed by atoms with E-state index in [1.807, 2.05) is 42.9 Å². The van der Waals surface area contributed by atoms with E-state index in [1.54, 1.807) is 23.9 Å². The molecule has 0 aliphatic rings. The third kappa shape index (κ3) is 4.26. The Hall–Kier alpha value is -1.89. The molecule has 7 heteroatoms. The number of benzene rings is 2. The molecule has 1 atom stereocenters. The maximum Gasteiger partial charge on any atom is 0.196 e. The molecular formula is C19H20ClFN4S. The molecule has 0 aliphatic heterocycles. The smallest absolute Gasteiger partial charge is 0.196 e. The Labute approximate surface area is 162 Å². The van der Waals surface area contributed by atoms with Crippen molar-refractivity contribution in [3.05, 3.63) is 70.8 Å². The molecule has 0 saturated heterocycles. The molecule has 3 rings (SSSR count). The van der Waals surface area contributed by atoms with Crippen molar-refractivity contribution < 1.29 is 4.39 Å². The third-order valence-electron chi connectivity index (χ3n) is 4.17. The standard InChI is InChI=1S/C19H20ClFN4S/c1-13(24(2)3)18-22-23-19(25(18)17-10-8-16(21)9-11-17)26-12-14-4-6-15(20)7-5-14/h4-11,13H,12H2,1-3H3/t13-/m1/s1. The molecule has 1 aromatic heterocycles. The first-order valence-electron chi connectivity index (χ1n) is 8.20. The minimum absolute atomic E-state index is 0.0671. The van der Waals surface area contributed by atoms with Gasteiger partial charge < -0.3 is 0 Å². The summed E-state index contributed by atoms with van der Waals surface area (Å²) in [6.45, 7) is 2.07. The van der Waals surface area contributed by atoms with Crippen LogP contribution in [0.1, 0.15) is 24.4 Å². The average Bonchev–Trinajstić information content (AvgIpc) is 3.05. The Morgan fingerprint density at radius 3 is 2.35 bits per heavy atom.